The molecule has 19 heavy (non-hydrogen) atoms. The summed E-state index contributed by atoms with van der Waals surface area (Å²) in [6.07, 6.45) is 1.23. The van der Waals surface area contributed by atoms with Gasteiger partial charge in [0.1, 0.15) is 0 Å². The van der Waals surface area contributed by atoms with E-state index in [1.165, 1.54) is 7.11 Å². The quantitative estimate of drug-likeness (QED) is 0.672. The number of carbonyl (C=O) groups excluding carboxylic acids is 2. The summed E-state index contributed by atoms with van der Waals surface area (Å²) in [5.74, 6) is -0.331. The highest BCUT2D eigenvalue weighted by molar-refractivity contribution is 6.39. The monoisotopic (exact) mass is 259 g/mol. The lowest BCUT2D eigenvalue weighted by Gasteiger charge is -2.14. The molecule has 2 amide bonds. The molecule has 0 saturated heterocycles. The maximum atomic E-state index is 12.4. The van der Waals surface area contributed by atoms with E-state index in [-0.39, 0.29) is 11.3 Å². The van der Waals surface area contributed by atoms with Gasteiger partial charge < -0.3 is 4.74 Å². The Hall–Kier alpha value is -2.10. The zero-order valence-corrected chi connectivity index (χ0v) is 11.6. The van der Waals surface area contributed by atoms with Crippen LogP contribution in [0, 0.1) is 5.41 Å². The molecule has 0 aromatic heterocycles. The number of amides is 2. The first-order chi connectivity index (χ1) is 8.85. The number of benzene rings is 1. The topological polar surface area (TPSA) is 46.6 Å². The van der Waals surface area contributed by atoms with Gasteiger partial charge in [0.15, 0.2) is 0 Å². The summed E-state index contributed by atoms with van der Waals surface area (Å²) in [6, 6.07) is 7.23. The van der Waals surface area contributed by atoms with Crippen LogP contribution in [0.1, 0.15) is 26.3 Å². The fourth-order valence-corrected chi connectivity index (χ4v) is 2.09. The third-order valence-corrected chi connectivity index (χ3v) is 2.80. The molecule has 100 valence electrons. The first kappa shape index (κ1) is 13.3. The number of carbonyl (C=O) groups is 2. The van der Waals surface area contributed by atoms with Crippen LogP contribution in [0.25, 0.3) is 5.57 Å². The van der Waals surface area contributed by atoms with Crippen molar-refractivity contribution in [2.75, 3.05) is 12.0 Å². The minimum absolute atomic E-state index is 0.149. The van der Waals surface area contributed by atoms with E-state index in [1.54, 1.807) is 12.1 Å². The zero-order chi connectivity index (χ0) is 14.2. The fraction of sp³-hybridized carbons (Fsp3) is 0.333. The highest BCUT2D eigenvalue weighted by atomic mass is 16.5. The Balaban J connectivity index is 2.60. The minimum Gasteiger partial charge on any atom is -0.452 e. The van der Waals surface area contributed by atoms with Gasteiger partial charge in [-0.25, -0.2) is 9.69 Å². The molecule has 4 heteroatoms. The average Bonchev–Trinajstić information content (AvgIpc) is 2.60. The molecule has 1 heterocycles. The summed E-state index contributed by atoms with van der Waals surface area (Å²) in [4.78, 5) is 25.2. The van der Waals surface area contributed by atoms with Gasteiger partial charge in [0.2, 0.25) is 0 Å². The van der Waals surface area contributed by atoms with Crippen LogP contribution in [-0.4, -0.2) is 19.1 Å². The molecule has 0 spiro atoms. The van der Waals surface area contributed by atoms with Gasteiger partial charge in [0.25, 0.3) is 5.91 Å². The summed E-state index contributed by atoms with van der Waals surface area (Å²) in [5.41, 5.74) is 1.75. The van der Waals surface area contributed by atoms with E-state index in [0.29, 0.717) is 11.3 Å². The molecule has 0 fully saturated rings. The fourth-order valence-electron chi connectivity index (χ4n) is 2.09. The Kier molecular flexibility index (Phi) is 3.18. The van der Waals surface area contributed by atoms with Crippen LogP contribution in [0.4, 0.5) is 10.5 Å². The SMILES string of the molecule is COC(=O)N1C(=O)/C(=C\C(C)(C)C)c2ccccc21. The van der Waals surface area contributed by atoms with Gasteiger partial charge in [0, 0.05) is 11.1 Å². The van der Waals surface area contributed by atoms with E-state index in [4.69, 9.17) is 0 Å². The summed E-state index contributed by atoms with van der Waals surface area (Å²) in [7, 11) is 1.27. The molecule has 0 unspecified atom stereocenters. The number of hydrogen-bond donors (Lipinski definition) is 0. The average molecular weight is 259 g/mol. The van der Waals surface area contributed by atoms with Crippen LogP contribution >= 0.6 is 0 Å². The number of methoxy groups -OCH3 is 1. The van der Waals surface area contributed by atoms with Gasteiger partial charge in [-0.3, -0.25) is 4.79 Å². The maximum Gasteiger partial charge on any atom is 0.421 e. The van der Waals surface area contributed by atoms with Crippen LogP contribution in [0.2, 0.25) is 0 Å². The molecular formula is C15H17NO3. The van der Waals surface area contributed by atoms with Gasteiger partial charge in [0.05, 0.1) is 12.8 Å². The minimum atomic E-state index is -0.658. The highest BCUT2D eigenvalue weighted by Gasteiger charge is 2.37. The van der Waals surface area contributed by atoms with Crippen molar-refractivity contribution in [2.24, 2.45) is 5.41 Å². The van der Waals surface area contributed by atoms with Crippen LogP contribution in [0.5, 0.6) is 0 Å². The van der Waals surface area contributed by atoms with Gasteiger partial charge in [-0.2, -0.15) is 0 Å². The summed E-state index contributed by atoms with van der Waals surface area (Å²) >= 11 is 0. The molecule has 1 aliphatic rings. The molecule has 0 radical (unpaired) electrons. The van der Waals surface area contributed by atoms with Crippen LogP contribution < -0.4 is 4.90 Å². The molecule has 2 rings (SSSR count). The number of para-hydroxylation sites is 1. The molecule has 1 aliphatic heterocycles. The number of rotatable bonds is 0. The largest absolute Gasteiger partial charge is 0.452 e. The van der Waals surface area contributed by atoms with Crippen molar-refractivity contribution in [3.63, 3.8) is 0 Å². The molecule has 0 aliphatic carbocycles. The van der Waals surface area contributed by atoms with Crippen molar-refractivity contribution in [3.8, 4) is 0 Å². The zero-order valence-electron chi connectivity index (χ0n) is 11.6. The third kappa shape index (κ3) is 2.38. The molecule has 1 aromatic carbocycles. The highest BCUT2D eigenvalue weighted by Crippen LogP contribution is 2.38. The van der Waals surface area contributed by atoms with E-state index < -0.39 is 6.09 Å². The van der Waals surface area contributed by atoms with Gasteiger partial charge in [-0.05, 0) is 11.5 Å². The van der Waals surface area contributed by atoms with Crippen LogP contribution in [0.15, 0.2) is 30.3 Å². The Labute approximate surface area is 112 Å². The van der Waals surface area contributed by atoms with E-state index in [9.17, 15) is 9.59 Å². The second-order valence-corrected chi connectivity index (χ2v) is 5.55. The van der Waals surface area contributed by atoms with E-state index in [0.717, 1.165) is 10.5 Å². The van der Waals surface area contributed by atoms with Crippen LogP contribution in [0.3, 0.4) is 0 Å². The van der Waals surface area contributed by atoms with Gasteiger partial charge >= 0.3 is 6.09 Å². The molecule has 4 nitrogen and oxygen atoms in total. The van der Waals surface area contributed by atoms with E-state index in [1.807, 2.05) is 39.0 Å². The van der Waals surface area contributed by atoms with Crippen molar-refractivity contribution >= 4 is 23.3 Å². The number of ether oxygens (including phenoxy) is 1. The van der Waals surface area contributed by atoms with E-state index in [2.05, 4.69) is 4.74 Å². The predicted molar refractivity (Wildman–Crippen MR) is 73.8 cm³/mol. The number of hydrogen-bond acceptors (Lipinski definition) is 3. The molecular weight excluding hydrogens is 242 g/mol. The van der Waals surface area contributed by atoms with Crippen molar-refractivity contribution < 1.29 is 14.3 Å². The molecule has 0 atom stereocenters. The lowest BCUT2D eigenvalue weighted by atomic mass is 9.91. The molecule has 0 saturated carbocycles. The first-order valence-corrected chi connectivity index (χ1v) is 6.10. The second-order valence-electron chi connectivity index (χ2n) is 5.55. The van der Waals surface area contributed by atoms with Crippen LogP contribution in [-0.2, 0) is 9.53 Å². The normalized spacial score (nSPS) is 16.7. The Morgan fingerprint density at radius 1 is 1.26 bits per heavy atom. The number of nitrogens with zero attached hydrogens (tertiary/aromatic N) is 1. The number of allylic oxidation sites excluding steroid dienone is 1. The van der Waals surface area contributed by atoms with Crippen molar-refractivity contribution in [1.29, 1.82) is 0 Å². The molecule has 0 N–H and O–H groups in total. The molecule has 0 bridgehead atoms. The predicted octanol–water partition coefficient (Wildman–Crippen LogP) is 3.23. The van der Waals surface area contributed by atoms with Gasteiger partial charge in [-0.1, -0.05) is 45.0 Å². The third-order valence-electron chi connectivity index (χ3n) is 2.80. The summed E-state index contributed by atoms with van der Waals surface area (Å²) < 4.78 is 4.68. The lowest BCUT2D eigenvalue weighted by Crippen LogP contribution is -2.33. The second kappa shape index (κ2) is 4.53. The Morgan fingerprint density at radius 2 is 1.89 bits per heavy atom. The Bertz CT molecular complexity index is 567. The van der Waals surface area contributed by atoms with Gasteiger partial charge in [-0.15, -0.1) is 0 Å². The van der Waals surface area contributed by atoms with E-state index >= 15 is 0 Å². The number of anilines is 1. The lowest BCUT2D eigenvalue weighted by molar-refractivity contribution is -0.112. The summed E-state index contributed by atoms with van der Waals surface area (Å²) in [5, 5.41) is 0. The van der Waals surface area contributed by atoms with Crippen molar-refractivity contribution in [2.45, 2.75) is 20.8 Å². The summed E-state index contributed by atoms with van der Waals surface area (Å²) in [6.45, 7) is 6.03. The van der Waals surface area contributed by atoms with Crippen molar-refractivity contribution in [1.82, 2.24) is 0 Å². The maximum absolute atomic E-state index is 12.4. The first-order valence-electron chi connectivity index (χ1n) is 6.10. The van der Waals surface area contributed by atoms with Crippen molar-refractivity contribution in [3.05, 3.63) is 35.9 Å². The number of fused-ring (bicyclic) bond motifs is 1. The Morgan fingerprint density at radius 3 is 2.47 bits per heavy atom. The number of imide groups is 1. The smallest absolute Gasteiger partial charge is 0.421 e. The molecule has 1 aromatic rings. The standard InChI is InChI=1S/C15H17NO3/c1-15(2,3)9-11-10-7-5-6-8-12(10)16(13(11)17)14(18)19-4/h5-9H,1-4H3/b11-9-.